The van der Waals surface area contributed by atoms with Gasteiger partial charge in [0.05, 0.1) is 6.10 Å². The molecule has 0 spiro atoms. The molecule has 0 amide bonds. The minimum Gasteiger partial charge on any atom is -0.392 e. The van der Waals surface area contributed by atoms with Crippen LogP contribution < -0.4 is 5.32 Å². The van der Waals surface area contributed by atoms with Crippen molar-refractivity contribution in [3.05, 3.63) is 35.9 Å². The maximum atomic E-state index is 9.54. The fraction of sp³-hybridized carbons (Fsp3) is 0.500. The van der Waals surface area contributed by atoms with Gasteiger partial charge in [0.2, 0.25) is 0 Å². The van der Waals surface area contributed by atoms with E-state index in [-0.39, 0.29) is 6.10 Å². The molecule has 0 aliphatic carbocycles. The van der Waals surface area contributed by atoms with Gasteiger partial charge in [-0.2, -0.15) is 0 Å². The standard InChI is InChI=1S/C12H19NO/c1-10(2)12(14)9-13-8-11-6-4-3-5-7-11/h3-7,10,12-14H,8-9H2,1-2H3/t12-/m0/s1. The van der Waals surface area contributed by atoms with Crippen LogP contribution in [-0.4, -0.2) is 17.8 Å². The molecule has 0 fully saturated rings. The van der Waals surface area contributed by atoms with E-state index in [1.807, 2.05) is 32.0 Å². The third-order valence-electron chi connectivity index (χ3n) is 2.29. The number of benzene rings is 1. The molecule has 2 N–H and O–H groups in total. The lowest BCUT2D eigenvalue weighted by molar-refractivity contribution is 0.123. The van der Waals surface area contributed by atoms with Crippen molar-refractivity contribution in [3.8, 4) is 0 Å². The van der Waals surface area contributed by atoms with Gasteiger partial charge in [0, 0.05) is 13.1 Å². The van der Waals surface area contributed by atoms with Crippen molar-refractivity contribution in [1.82, 2.24) is 5.32 Å². The first-order valence-corrected chi connectivity index (χ1v) is 5.13. The van der Waals surface area contributed by atoms with E-state index < -0.39 is 0 Å². The van der Waals surface area contributed by atoms with Crippen LogP contribution in [0.15, 0.2) is 30.3 Å². The molecule has 1 atom stereocenters. The number of hydrogen-bond donors (Lipinski definition) is 2. The molecule has 0 saturated carbocycles. The Balaban J connectivity index is 2.22. The van der Waals surface area contributed by atoms with Gasteiger partial charge in [-0.25, -0.2) is 0 Å². The summed E-state index contributed by atoms with van der Waals surface area (Å²) in [6.07, 6.45) is -0.251. The Labute approximate surface area is 86.0 Å². The van der Waals surface area contributed by atoms with Crippen LogP contribution in [-0.2, 0) is 6.54 Å². The van der Waals surface area contributed by atoms with Gasteiger partial charge in [0.1, 0.15) is 0 Å². The summed E-state index contributed by atoms with van der Waals surface area (Å²) < 4.78 is 0. The number of hydrogen-bond acceptors (Lipinski definition) is 2. The van der Waals surface area contributed by atoms with Crippen LogP contribution in [0.5, 0.6) is 0 Å². The van der Waals surface area contributed by atoms with E-state index in [4.69, 9.17) is 0 Å². The Hall–Kier alpha value is -0.860. The largest absolute Gasteiger partial charge is 0.392 e. The van der Waals surface area contributed by atoms with E-state index in [1.165, 1.54) is 5.56 Å². The summed E-state index contributed by atoms with van der Waals surface area (Å²) in [5.41, 5.74) is 1.25. The molecule has 78 valence electrons. The van der Waals surface area contributed by atoms with E-state index in [0.29, 0.717) is 12.5 Å². The van der Waals surface area contributed by atoms with Crippen LogP contribution in [0.25, 0.3) is 0 Å². The van der Waals surface area contributed by atoms with Crippen molar-refractivity contribution < 1.29 is 5.11 Å². The maximum Gasteiger partial charge on any atom is 0.0687 e. The first kappa shape index (κ1) is 11.2. The maximum absolute atomic E-state index is 9.54. The highest BCUT2D eigenvalue weighted by Crippen LogP contribution is 2.01. The average Bonchev–Trinajstić information content (AvgIpc) is 2.19. The molecular formula is C12H19NO. The summed E-state index contributed by atoms with van der Waals surface area (Å²) in [6.45, 7) is 5.53. The zero-order valence-electron chi connectivity index (χ0n) is 8.90. The molecule has 0 saturated heterocycles. The second-order valence-corrected chi connectivity index (χ2v) is 3.93. The van der Waals surface area contributed by atoms with Gasteiger partial charge in [-0.05, 0) is 11.5 Å². The molecule has 1 rings (SSSR count). The van der Waals surface area contributed by atoms with Crippen molar-refractivity contribution in [2.24, 2.45) is 5.92 Å². The third kappa shape index (κ3) is 3.90. The lowest BCUT2D eigenvalue weighted by Gasteiger charge is -2.14. The van der Waals surface area contributed by atoms with Crippen LogP contribution in [0.4, 0.5) is 0 Å². The Morgan fingerprint density at radius 3 is 2.43 bits per heavy atom. The topological polar surface area (TPSA) is 32.3 Å². The number of aliphatic hydroxyl groups is 1. The van der Waals surface area contributed by atoms with E-state index in [2.05, 4.69) is 17.4 Å². The SMILES string of the molecule is CC(C)[C@@H](O)CNCc1ccccc1. The smallest absolute Gasteiger partial charge is 0.0687 e. The molecule has 1 aromatic carbocycles. The molecule has 0 aliphatic heterocycles. The first-order valence-electron chi connectivity index (χ1n) is 5.13. The molecule has 2 nitrogen and oxygen atoms in total. The van der Waals surface area contributed by atoms with E-state index in [1.54, 1.807) is 0 Å². The van der Waals surface area contributed by atoms with E-state index in [9.17, 15) is 5.11 Å². The highest BCUT2D eigenvalue weighted by Gasteiger charge is 2.07. The fourth-order valence-electron chi connectivity index (χ4n) is 1.20. The molecular weight excluding hydrogens is 174 g/mol. The summed E-state index contributed by atoms with van der Waals surface area (Å²) >= 11 is 0. The molecule has 0 radical (unpaired) electrons. The van der Waals surface area contributed by atoms with Crippen molar-refractivity contribution in [1.29, 1.82) is 0 Å². The summed E-state index contributed by atoms with van der Waals surface area (Å²) in [4.78, 5) is 0. The molecule has 0 heterocycles. The van der Waals surface area contributed by atoms with Gasteiger partial charge in [-0.3, -0.25) is 0 Å². The highest BCUT2D eigenvalue weighted by atomic mass is 16.3. The van der Waals surface area contributed by atoms with Crippen LogP contribution in [0, 0.1) is 5.92 Å². The summed E-state index contributed by atoms with van der Waals surface area (Å²) in [5, 5.41) is 12.8. The van der Waals surface area contributed by atoms with Gasteiger partial charge in [-0.15, -0.1) is 0 Å². The monoisotopic (exact) mass is 193 g/mol. The Kier molecular flexibility index (Phi) is 4.63. The Morgan fingerprint density at radius 2 is 1.86 bits per heavy atom. The number of aliphatic hydroxyl groups excluding tert-OH is 1. The lowest BCUT2D eigenvalue weighted by Crippen LogP contribution is -2.30. The third-order valence-corrected chi connectivity index (χ3v) is 2.29. The quantitative estimate of drug-likeness (QED) is 0.747. The van der Waals surface area contributed by atoms with E-state index in [0.717, 1.165) is 6.54 Å². The van der Waals surface area contributed by atoms with Gasteiger partial charge in [-0.1, -0.05) is 44.2 Å². The zero-order valence-corrected chi connectivity index (χ0v) is 8.90. The van der Waals surface area contributed by atoms with Gasteiger partial charge in [0.25, 0.3) is 0 Å². The Bertz CT molecular complexity index is 246. The number of nitrogens with one attached hydrogen (secondary N) is 1. The molecule has 2 heteroatoms. The van der Waals surface area contributed by atoms with Crippen LogP contribution in [0.1, 0.15) is 19.4 Å². The molecule has 14 heavy (non-hydrogen) atoms. The fourth-order valence-corrected chi connectivity index (χ4v) is 1.20. The average molecular weight is 193 g/mol. The van der Waals surface area contributed by atoms with Gasteiger partial charge >= 0.3 is 0 Å². The van der Waals surface area contributed by atoms with Crippen molar-refractivity contribution in [3.63, 3.8) is 0 Å². The molecule has 0 aliphatic rings. The highest BCUT2D eigenvalue weighted by molar-refractivity contribution is 5.14. The lowest BCUT2D eigenvalue weighted by atomic mass is 10.1. The van der Waals surface area contributed by atoms with E-state index >= 15 is 0 Å². The predicted octanol–water partition coefficient (Wildman–Crippen LogP) is 1.79. The summed E-state index contributed by atoms with van der Waals surface area (Å²) in [5.74, 6) is 0.318. The molecule has 1 aromatic rings. The zero-order chi connectivity index (χ0) is 10.4. The van der Waals surface area contributed by atoms with Crippen LogP contribution >= 0.6 is 0 Å². The van der Waals surface area contributed by atoms with Crippen molar-refractivity contribution >= 4 is 0 Å². The summed E-state index contributed by atoms with van der Waals surface area (Å²) in [7, 11) is 0. The minimum atomic E-state index is -0.251. The second-order valence-electron chi connectivity index (χ2n) is 3.93. The Morgan fingerprint density at radius 1 is 1.21 bits per heavy atom. The molecule has 0 aromatic heterocycles. The minimum absolute atomic E-state index is 0.251. The van der Waals surface area contributed by atoms with Gasteiger partial charge < -0.3 is 10.4 Å². The second kappa shape index (κ2) is 5.78. The number of rotatable bonds is 5. The van der Waals surface area contributed by atoms with Crippen molar-refractivity contribution in [2.45, 2.75) is 26.5 Å². The van der Waals surface area contributed by atoms with Crippen LogP contribution in [0.2, 0.25) is 0 Å². The predicted molar refractivity (Wildman–Crippen MR) is 59.0 cm³/mol. The van der Waals surface area contributed by atoms with Crippen molar-refractivity contribution in [2.75, 3.05) is 6.54 Å². The summed E-state index contributed by atoms with van der Waals surface area (Å²) in [6, 6.07) is 10.2. The molecule has 0 unspecified atom stereocenters. The normalized spacial score (nSPS) is 13.1. The molecule has 0 bridgehead atoms. The van der Waals surface area contributed by atoms with Crippen LogP contribution in [0.3, 0.4) is 0 Å². The van der Waals surface area contributed by atoms with Gasteiger partial charge in [0.15, 0.2) is 0 Å². The first-order chi connectivity index (χ1) is 6.70.